The van der Waals surface area contributed by atoms with Crippen LogP contribution in [0.15, 0.2) is 71.5 Å². The van der Waals surface area contributed by atoms with E-state index in [9.17, 15) is 4.79 Å². The maximum Gasteiger partial charge on any atom is 0.568 e. The van der Waals surface area contributed by atoms with Gasteiger partial charge in [0, 0.05) is 34.3 Å². The highest BCUT2D eigenvalue weighted by Crippen LogP contribution is 2.50. The summed E-state index contributed by atoms with van der Waals surface area (Å²) in [5.41, 5.74) is 4.84. The lowest BCUT2D eigenvalue weighted by Gasteiger charge is -2.32. The molecule has 6 rings (SSSR count). The van der Waals surface area contributed by atoms with E-state index in [1.807, 2.05) is 43.4 Å². The van der Waals surface area contributed by atoms with Crippen molar-refractivity contribution in [2.75, 3.05) is 6.54 Å². The Hall–Kier alpha value is -4.09. The van der Waals surface area contributed by atoms with Gasteiger partial charge in [-0.2, -0.15) is 0 Å². The molecule has 1 aromatic carbocycles. The van der Waals surface area contributed by atoms with E-state index in [4.69, 9.17) is 9.15 Å². The first-order chi connectivity index (χ1) is 17.2. The maximum atomic E-state index is 13.7. The van der Waals surface area contributed by atoms with E-state index in [-0.39, 0.29) is 11.8 Å². The van der Waals surface area contributed by atoms with Crippen molar-refractivity contribution in [2.45, 2.75) is 44.6 Å². The standard InChI is InChI=1S/C28H26N4O3/c1-3-5-6-9-17(4-2)26-31-27(35-26)28(33)32-15-14-20-23(30-16-29-20)24(32)25-22(18-12-13-18)19-10-7-8-11-21(19)34-25/h3,5-11,16,18,24H,1,4,12-15H2,2H3/p+1/b6-5-,17-9+. The van der Waals surface area contributed by atoms with Crippen LogP contribution in [0.1, 0.15) is 60.9 Å². The SMILES string of the molecule is C=C/C=C\C=C(/CC)C1=[N+]=C(C(=O)N2CCc3[nH]cnc3C2c2oc3ccccc3c2C2CC2)O1. The first-order valence-corrected chi connectivity index (χ1v) is 12.2. The molecule has 1 N–H and O–H groups in total. The first-order valence-electron chi connectivity index (χ1n) is 12.2. The molecule has 0 radical (unpaired) electrons. The number of H-pyrrole nitrogens is 1. The number of carbonyl (C=O) groups excluding carboxylic acids is 1. The Morgan fingerprint density at radius 3 is 2.89 bits per heavy atom. The molecular weight excluding hydrogens is 440 g/mol. The van der Waals surface area contributed by atoms with E-state index in [1.165, 1.54) is 5.56 Å². The third-order valence-corrected chi connectivity index (χ3v) is 6.86. The number of nitrogens with one attached hydrogen (secondary N) is 1. The van der Waals surface area contributed by atoms with E-state index in [2.05, 4.69) is 27.3 Å². The fraction of sp³-hybridized carbons (Fsp3) is 0.286. The number of amides is 1. The number of imidazole rings is 1. The molecular formula is C28H27N4O3+. The smallest absolute Gasteiger partial charge is 0.458 e. The molecule has 35 heavy (non-hydrogen) atoms. The Morgan fingerprint density at radius 2 is 2.11 bits per heavy atom. The molecule has 0 saturated heterocycles. The number of furan rings is 1. The summed E-state index contributed by atoms with van der Waals surface area (Å²) in [7, 11) is 0. The van der Waals surface area contributed by atoms with Crippen LogP contribution in [0.5, 0.6) is 0 Å². The third-order valence-electron chi connectivity index (χ3n) is 6.86. The molecule has 1 amide bonds. The lowest BCUT2D eigenvalue weighted by Crippen LogP contribution is -2.48. The number of aromatic nitrogens is 2. The zero-order valence-electron chi connectivity index (χ0n) is 19.7. The van der Waals surface area contributed by atoms with Gasteiger partial charge in [-0.15, -0.1) is 0 Å². The number of carbonyl (C=O) groups is 1. The van der Waals surface area contributed by atoms with Crippen LogP contribution in [0.25, 0.3) is 11.0 Å². The molecule has 1 atom stereocenters. The van der Waals surface area contributed by atoms with E-state index < -0.39 is 6.04 Å². The van der Waals surface area contributed by atoms with Crippen molar-refractivity contribution >= 4 is 28.7 Å². The molecule has 4 heterocycles. The number of rotatable bonds is 7. The molecule has 1 aliphatic carbocycles. The number of aromatic amines is 1. The Bertz CT molecular complexity index is 1460. The van der Waals surface area contributed by atoms with E-state index >= 15 is 0 Å². The highest BCUT2D eigenvalue weighted by molar-refractivity contribution is 6.40. The minimum Gasteiger partial charge on any atom is -0.458 e. The summed E-state index contributed by atoms with van der Waals surface area (Å²) in [4.78, 5) is 23.3. The average molecular weight is 468 g/mol. The minimum atomic E-state index is -0.424. The fourth-order valence-electron chi connectivity index (χ4n) is 4.97. The molecule has 2 aliphatic heterocycles. The second-order valence-corrected chi connectivity index (χ2v) is 9.06. The summed E-state index contributed by atoms with van der Waals surface area (Å²) in [5.74, 6) is 1.61. The van der Waals surface area contributed by atoms with Crippen molar-refractivity contribution in [1.82, 2.24) is 19.5 Å². The van der Waals surface area contributed by atoms with Crippen LogP contribution in [-0.4, -0.2) is 39.1 Å². The number of para-hydroxylation sites is 1. The van der Waals surface area contributed by atoms with Crippen molar-refractivity contribution < 1.29 is 13.9 Å². The van der Waals surface area contributed by atoms with Gasteiger partial charge in [-0.1, -0.05) is 49.9 Å². The lowest BCUT2D eigenvalue weighted by molar-refractivity contribution is -0.127. The summed E-state index contributed by atoms with van der Waals surface area (Å²) in [6, 6.07) is 7.69. The molecule has 0 bridgehead atoms. The number of fused-ring (bicyclic) bond motifs is 2. The molecule has 7 nitrogen and oxygen atoms in total. The number of ether oxygens (including phenoxy) is 1. The van der Waals surface area contributed by atoms with Gasteiger partial charge in [-0.05, 0) is 37.3 Å². The van der Waals surface area contributed by atoms with Gasteiger partial charge in [0.15, 0.2) is 0 Å². The second-order valence-electron chi connectivity index (χ2n) is 9.06. The molecule has 1 fully saturated rings. The summed E-state index contributed by atoms with van der Waals surface area (Å²) >= 11 is 0. The maximum absolute atomic E-state index is 13.7. The summed E-state index contributed by atoms with van der Waals surface area (Å²) in [6.07, 6.45) is 12.8. The third kappa shape index (κ3) is 3.65. The van der Waals surface area contributed by atoms with E-state index in [1.54, 1.807) is 17.3 Å². The van der Waals surface area contributed by atoms with Crippen LogP contribution in [0.4, 0.5) is 0 Å². The predicted molar refractivity (Wildman–Crippen MR) is 135 cm³/mol. The van der Waals surface area contributed by atoms with E-state index in [0.717, 1.165) is 53.0 Å². The van der Waals surface area contributed by atoms with Gasteiger partial charge in [0.05, 0.1) is 17.6 Å². The van der Waals surface area contributed by atoms with Gasteiger partial charge in [0.2, 0.25) is 0 Å². The molecule has 1 saturated carbocycles. The van der Waals surface area contributed by atoms with Crippen LogP contribution >= 0.6 is 0 Å². The van der Waals surface area contributed by atoms with Crippen LogP contribution in [0, 0.1) is 0 Å². The molecule has 7 heteroatoms. The van der Waals surface area contributed by atoms with Gasteiger partial charge < -0.3 is 19.0 Å². The Kier molecular flexibility index (Phi) is 5.27. The minimum absolute atomic E-state index is 0.111. The zero-order valence-corrected chi connectivity index (χ0v) is 19.7. The van der Waals surface area contributed by atoms with Gasteiger partial charge in [-0.3, -0.25) is 4.79 Å². The normalized spacial score (nSPS) is 19.7. The van der Waals surface area contributed by atoms with Crippen LogP contribution in [-0.2, 0) is 16.0 Å². The van der Waals surface area contributed by atoms with E-state index in [0.29, 0.717) is 24.8 Å². The van der Waals surface area contributed by atoms with Crippen molar-refractivity contribution in [2.24, 2.45) is 0 Å². The summed E-state index contributed by atoms with van der Waals surface area (Å²) < 4.78 is 16.7. The number of hydrogen-bond donors (Lipinski definition) is 1. The quantitative estimate of drug-likeness (QED) is 0.410. The summed E-state index contributed by atoms with van der Waals surface area (Å²) in [6.45, 7) is 6.23. The predicted octanol–water partition coefficient (Wildman–Crippen LogP) is 4.48. The molecule has 176 valence electrons. The topological polar surface area (TPSA) is 85.5 Å². The Balaban J connectivity index is 1.41. The largest absolute Gasteiger partial charge is 0.568 e. The number of hydrogen-bond acceptors (Lipinski definition) is 4. The van der Waals surface area contributed by atoms with Crippen molar-refractivity contribution in [3.63, 3.8) is 0 Å². The molecule has 0 spiro atoms. The van der Waals surface area contributed by atoms with Crippen LogP contribution in [0.2, 0.25) is 0 Å². The van der Waals surface area contributed by atoms with Crippen LogP contribution in [0.3, 0.4) is 0 Å². The van der Waals surface area contributed by atoms with Gasteiger partial charge in [-0.25, -0.2) is 4.98 Å². The van der Waals surface area contributed by atoms with Crippen molar-refractivity contribution in [1.29, 1.82) is 0 Å². The molecule has 3 aromatic rings. The monoisotopic (exact) mass is 467 g/mol. The molecule has 3 aliphatic rings. The van der Waals surface area contributed by atoms with Crippen LogP contribution < -0.4 is 4.67 Å². The Labute approximate surface area is 203 Å². The average Bonchev–Trinajstić information content (AvgIpc) is 3.44. The second kappa shape index (κ2) is 8.60. The summed E-state index contributed by atoms with van der Waals surface area (Å²) in [5, 5.41) is 1.12. The number of benzene rings is 1. The van der Waals surface area contributed by atoms with Gasteiger partial charge in [0.25, 0.3) is 0 Å². The highest BCUT2D eigenvalue weighted by Gasteiger charge is 2.49. The lowest BCUT2D eigenvalue weighted by atomic mass is 9.95. The van der Waals surface area contributed by atoms with Gasteiger partial charge in [0.1, 0.15) is 17.4 Å². The highest BCUT2D eigenvalue weighted by atomic mass is 16.5. The molecule has 1 unspecified atom stereocenters. The first kappa shape index (κ1) is 21.4. The number of nitrogens with zero attached hydrogens (tertiary/aromatic N) is 3. The number of allylic oxidation sites excluding steroid dienone is 4. The Morgan fingerprint density at radius 1 is 1.29 bits per heavy atom. The molecule has 2 aromatic heterocycles. The van der Waals surface area contributed by atoms with Crippen molar-refractivity contribution in [3.05, 3.63) is 89.8 Å². The zero-order chi connectivity index (χ0) is 23.9. The van der Waals surface area contributed by atoms with Gasteiger partial charge >= 0.3 is 17.7 Å². The fourth-order valence-corrected chi connectivity index (χ4v) is 4.97. The van der Waals surface area contributed by atoms with Crippen molar-refractivity contribution in [3.8, 4) is 0 Å².